The van der Waals surface area contributed by atoms with E-state index in [0.717, 1.165) is 11.3 Å². The lowest BCUT2D eigenvalue weighted by Crippen LogP contribution is -2.06. The van der Waals surface area contributed by atoms with Crippen LogP contribution in [0.15, 0.2) is 17.7 Å². The van der Waals surface area contributed by atoms with E-state index in [0.29, 0.717) is 6.61 Å². The van der Waals surface area contributed by atoms with Crippen molar-refractivity contribution < 1.29 is 14.3 Å². The Labute approximate surface area is 104 Å². The molecular formula is C11H14N2O3S. The third-order valence-corrected chi connectivity index (χ3v) is 2.58. The highest BCUT2D eigenvalue weighted by molar-refractivity contribution is 7.12. The summed E-state index contributed by atoms with van der Waals surface area (Å²) in [5, 5.41) is 1.81. The molecule has 1 aromatic heterocycles. The molecule has 0 N–H and O–H groups in total. The Balaban J connectivity index is 2.74. The standard InChI is InChI=1S/C11H14N2O3S/c1-4-16-11(15)8-7-17-10(12-8)9(14)5-6-13(2)3/h5-7H,4H2,1-3H3/b6-5+. The first-order valence-electron chi connectivity index (χ1n) is 5.06. The molecule has 0 fully saturated rings. The predicted octanol–water partition coefficient (Wildman–Crippen LogP) is 1.58. The van der Waals surface area contributed by atoms with Gasteiger partial charge in [0, 0.05) is 31.8 Å². The van der Waals surface area contributed by atoms with E-state index in [4.69, 9.17) is 4.74 Å². The summed E-state index contributed by atoms with van der Waals surface area (Å²) >= 11 is 1.13. The first-order valence-corrected chi connectivity index (χ1v) is 5.94. The Morgan fingerprint density at radius 1 is 1.53 bits per heavy atom. The highest BCUT2D eigenvalue weighted by Gasteiger charge is 2.14. The number of rotatable bonds is 5. The fraction of sp³-hybridized carbons (Fsp3) is 0.364. The minimum absolute atomic E-state index is 0.179. The minimum atomic E-state index is -0.501. The van der Waals surface area contributed by atoms with Crippen molar-refractivity contribution in [2.75, 3.05) is 20.7 Å². The predicted molar refractivity (Wildman–Crippen MR) is 65.2 cm³/mol. The van der Waals surface area contributed by atoms with Crippen molar-refractivity contribution in [3.63, 3.8) is 0 Å². The van der Waals surface area contributed by atoms with E-state index < -0.39 is 5.97 Å². The zero-order valence-corrected chi connectivity index (χ0v) is 10.8. The molecular weight excluding hydrogens is 240 g/mol. The summed E-state index contributed by atoms with van der Waals surface area (Å²) in [6, 6.07) is 0. The van der Waals surface area contributed by atoms with Gasteiger partial charge in [0.25, 0.3) is 0 Å². The molecule has 0 atom stereocenters. The second-order valence-corrected chi connectivity index (χ2v) is 4.26. The van der Waals surface area contributed by atoms with Crippen molar-refractivity contribution in [3.8, 4) is 0 Å². The number of esters is 1. The molecule has 1 heterocycles. The van der Waals surface area contributed by atoms with Crippen LogP contribution >= 0.6 is 11.3 Å². The molecule has 1 aromatic rings. The van der Waals surface area contributed by atoms with E-state index in [2.05, 4.69) is 4.98 Å². The summed E-state index contributed by atoms with van der Waals surface area (Å²) in [6.07, 6.45) is 3.04. The van der Waals surface area contributed by atoms with Crippen LogP contribution in [0, 0.1) is 0 Å². The normalized spacial score (nSPS) is 10.5. The topological polar surface area (TPSA) is 59.5 Å². The quantitative estimate of drug-likeness (QED) is 0.453. The van der Waals surface area contributed by atoms with E-state index in [1.54, 1.807) is 18.0 Å². The monoisotopic (exact) mass is 254 g/mol. The lowest BCUT2D eigenvalue weighted by molar-refractivity contribution is 0.0520. The van der Waals surface area contributed by atoms with Gasteiger partial charge in [-0.3, -0.25) is 4.79 Å². The maximum Gasteiger partial charge on any atom is 0.357 e. The van der Waals surface area contributed by atoms with Crippen molar-refractivity contribution in [2.24, 2.45) is 0 Å². The second kappa shape index (κ2) is 6.15. The number of hydrogen-bond acceptors (Lipinski definition) is 6. The molecule has 92 valence electrons. The Bertz CT molecular complexity index is 438. The summed E-state index contributed by atoms with van der Waals surface area (Å²) in [5.74, 6) is -0.723. The van der Waals surface area contributed by atoms with Crippen molar-refractivity contribution in [3.05, 3.63) is 28.4 Å². The molecule has 0 spiro atoms. The van der Waals surface area contributed by atoms with Gasteiger partial charge in [-0.1, -0.05) is 0 Å². The maximum atomic E-state index is 11.6. The van der Waals surface area contributed by atoms with E-state index in [1.807, 2.05) is 14.1 Å². The number of allylic oxidation sites excluding steroid dienone is 1. The molecule has 0 aliphatic rings. The first-order chi connectivity index (χ1) is 8.04. The average Bonchev–Trinajstić information content (AvgIpc) is 2.75. The Morgan fingerprint density at radius 2 is 2.24 bits per heavy atom. The largest absolute Gasteiger partial charge is 0.461 e. The van der Waals surface area contributed by atoms with Crippen LogP contribution in [0.3, 0.4) is 0 Å². The number of ether oxygens (including phenoxy) is 1. The lowest BCUT2D eigenvalue weighted by atomic mass is 10.4. The Morgan fingerprint density at radius 3 is 2.82 bits per heavy atom. The van der Waals surface area contributed by atoms with E-state index >= 15 is 0 Å². The maximum absolute atomic E-state index is 11.6. The molecule has 0 amide bonds. The van der Waals surface area contributed by atoms with Gasteiger partial charge in [-0.2, -0.15) is 0 Å². The van der Waals surface area contributed by atoms with Crippen LogP contribution in [0.25, 0.3) is 0 Å². The number of hydrogen-bond donors (Lipinski definition) is 0. The summed E-state index contributed by atoms with van der Waals surface area (Å²) in [7, 11) is 3.63. The third-order valence-electron chi connectivity index (χ3n) is 1.72. The van der Waals surface area contributed by atoms with Crippen LogP contribution in [0.4, 0.5) is 0 Å². The number of aromatic nitrogens is 1. The molecule has 0 saturated carbocycles. The van der Waals surface area contributed by atoms with Gasteiger partial charge in [-0.15, -0.1) is 11.3 Å². The molecule has 0 aromatic carbocycles. The Hall–Kier alpha value is -1.69. The molecule has 0 aliphatic carbocycles. The van der Waals surface area contributed by atoms with Gasteiger partial charge in [0.15, 0.2) is 10.7 Å². The summed E-state index contributed by atoms with van der Waals surface area (Å²) in [4.78, 5) is 28.6. The number of nitrogens with zero attached hydrogens (tertiary/aromatic N) is 2. The van der Waals surface area contributed by atoms with Crippen LogP contribution < -0.4 is 0 Å². The first kappa shape index (κ1) is 13.4. The van der Waals surface area contributed by atoms with Crippen molar-refractivity contribution in [1.29, 1.82) is 0 Å². The van der Waals surface area contributed by atoms with Crippen LogP contribution in [-0.2, 0) is 4.74 Å². The van der Waals surface area contributed by atoms with Crippen LogP contribution in [0.2, 0.25) is 0 Å². The fourth-order valence-electron chi connectivity index (χ4n) is 0.974. The minimum Gasteiger partial charge on any atom is -0.461 e. The van der Waals surface area contributed by atoms with E-state index in [9.17, 15) is 9.59 Å². The molecule has 0 aliphatic heterocycles. The van der Waals surface area contributed by atoms with Crippen LogP contribution in [0.5, 0.6) is 0 Å². The van der Waals surface area contributed by atoms with Gasteiger partial charge < -0.3 is 9.64 Å². The molecule has 0 bridgehead atoms. The number of ketones is 1. The van der Waals surface area contributed by atoms with Gasteiger partial charge in [0.2, 0.25) is 5.78 Å². The zero-order chi connectivity index (χ0) is 12.8. The highest BCUT2D eigenvalue weighted by Crippen LogP contribution is 2.12. The van der Waals surface area contributed by atoms with Gasteiger partial charge >= 0.3 is 5.97 Å². The van der Waals surface area contributed by atoms with Crippen LogP contribution in [-0.4, -0.2) is 42.3 Å². The molecule has 6 heteroatoms. The number of thiazole rings is 1. The van der Waals surface area contributed by atoms with E-state index in [-0.39, 0.29) is 16.5 Å². The molecule has 1 rings (SSSR count). The highest BCUT2D eigenvalue weighted by atomic mass is 32.1. The fourth-order valence-corrected chi connectivity index (χ4v) is 1.68. The Kier molecular flexibility index (Phi) is 4.84. The van der Waals surface area contributed by atoms with Crippen LogP contribution in [0.1, 0.15) is 27.2 Å². The average molecular weight is 254 g/mol. The number of carbonyl (C=O) groups excluding carboxylic acids is 2. The third kappa shape index (κ3) is 3.99. The number of carbonyl (C=O) groups is 2. The molecule has 17 heavy (non-hydrogen) atoms. The second-order valence-electron chi connectivity index (χ2n) is 3.40. The summed E-state index contributed by atoms with van der Waals surface area (Å²) in [6.45, 7) is 2.01. The SMILES string of the molecule is CCOC(=O)c1csc(C(=O)/C=C/N(C)C)n1. The lowest BCUT2D eigenvalue weighted by Gasteiger charge is -2.01. The summed E-state index contributed by atoms with van der Waals surface area (Å²) < 4.78 is 4.79. The smallest absolute Gasteiger partial charge is 0.357 e. The van der Waals surface area contributed by atoms with Crippen molar-refractivity contribution >= 4 is 23.1 Å². The van der Waals surface area contributed by atoms with Gasteiger partial charge in [0.05, 0.1) is 6.61 Å². The van der Waals surface area contributed by atoms with Gasteiger partial charge in [0.1, 0.15) is 0 Å². The van der Waals surface area contributed by atoms with Crippen molar-refractivity contribution in [2.45, 2.75) is 6.92 Å². The van der Waals surface area contributed by atoms with Gasteiger partial charge in [-0.25, -0.2) is 9.78 Å². The van der Waals surface area contributed by atoms with Crippen molar-refractivity contribution in [1.82, 2.24) is 9.88 Å². The van der Waals surface area contributed by atoms with E-state index in [1.165, 1.54) is 11.5 Å². The van der Waals surface area contributed by atoms with Gasteiger partial charge in [-0.05, 0) is 6.92 Å². The summed E-state index contributed by atoms with van der Waals surface area (Å²) in [5.41, 5.74) is 0.179. The molecule has 0 radical (unpaired) electrons. The molecule has 0 saturated heterocycles. The molecule has 0 unspecified atom stereocenters. The zero-order valence-electron chi connectivity index (χ0n) is 9.97. The molecule has 5 nitrogen and oxygen atoms in total.